The standard InChI is InChI=1S/C30H30ClF2NO5/c1-38-21-5-2-18(3-6-21)16-34-28(36)11-8-23-26(10-9-24(32)29(23)34)39-17-30(37)13-12-19(14-27(30)35)22-7-4-20(31)15-25(22)33/h2-7,9-10,15,19,27,35,37H,8,11-14,16-17H2,1H3. The van der Waals surface area contributed by atoms with Gasteiger partial charge in [-0.1, -0.05) is 29.8 Å². The SMILES string of the molecule is COc1ccc(CN2C(=O)CCc3c(OCC4(O)CCC(c5ccc(Cl)cc5F)CC4O)ccc(F)c32)cc1. The van der Waals surface area contributed by atoms with Crippen molar-refractivity contribution < 1.29 is 33.3 Å². The number of aliphatic hydroxyl groups is 2. The van der Waals surface area contributed by atoms with Crippen LogP contribution < -0.4 is 14.4 Å². The predicted octanol–water partition coefficient (Wildman–Crippen LogP) is 5.54. The van der Waals surface area contributed by atoms with E-state index in [0.29, 0.717) is 40.5 Å². The van der Waals surface area contributed by atoms with Crippen LogP contribution in [0.2, 0.25) is 5.02 Å². The molecule has 3 aromatic carbocycles. The summed E-state index contributed by atoms with van der Waals surface area (Å²) in [5, 5.41) is 22.4. The van der Waals surface area contributed by atoms with Gasteiger partial charge in [-0.25, -0.2) is 8.78 Å². The predicted molar refractivity (Wildman–Crippen MR) is 143 cm³/mol. The molecule has 0 bridgehead atoms. The molecule has 1 aliphatic carbocycles. The molecule has 0 radical (unpaired) electrons. The van der Waals surface area contributed by atoms with Gasteiger partial charge in [-0.3, -0.25) is 4.79 Å². The average molecular weight is 558 g/mol. The Hall–Kier alpha value is -3.20. The normalized spacial score (nSPS) is 22.9. The number of hydrogen-bond donors (Lipinski definition) is 2. The highest BCUT2D eigenvalue weighted by molar-refractivity contribution is 6.30. The quantitative estimate of drug-likeness (QED) is 0.398. The van der Waals surface area contributed by atoms with Crippen molar-refractivity contribution in [2.45, 2.75) is 56.3 Å². The van der Waals surface area contributed by atoms with Gasteiger partial charge in [-0.15, -0.1) is 0 Å². The monoisotopic (exact) mass is 557 g/mol. The van der Waals surface area contributed by atoms with Gasteiger partial charge in [0.05, 0.1) is 25.4 Å². The lowest BCUT2D eigenvalue weighted by Crippen LogP contribution is -2.51. The highest BCUT2D eigenvalue weighted by Gasteiger charge is 2.43. The van der Waals surface area contributed by atoms with E-state index in [2.05, 4.69) is 0 Å². The molecule has 3 unspecified atom stereocenters. The molecule has 39 heavy (non-hydrogen) atoms. The van der Waals surface area contributed by atoms with Gasteiger partial charge in [0, 0.05) is 17.0 Å². The van der Waals surface area contributed by atoms with Crippen LogP contribution in [0.15, 0.2) is 54.6 Å². The molecular formula is C30H30ClF2NO5. The second kappa shape index (κ2) is 11.1. The number of halogens is 3. The number of ether oxygens (including phenoxy) is 2. The molecule has 6 nitrogen and oxygen atoms in total. The van der Waals surface area contributed by atoms with Crippen molar-refractivity contribution in [3.8, 4) is 11.5 Å². The first-order valence-corrected chi connectivity index (χ1v) is 13.3. The van der Waals surface area contributed by atoms with E-state index in [1.165, 1.54) is 23.1 Å². The van der Waals surface area contributed by atoms with Crippen molar-refractivity contribution in [3.05, 3.63) is 87.9 Å². The lowest BCUT2D eigenvalue weighted by atomic mass is 9.74. The van der Waals surface area contributed by atoms with Crippen LogP contribution >= 0.6 is 11.6 Å². The Bertz CT molecular complexity index is 1370. The van der Waals surface area contributed by atoms with Crippen LogP contribution in [0.25, 0.3) is 0 Å². The third-order valence-corrected chi connectivity index (χ3v) is 8.02. The Morgan fingerprint density at radius 3 is 2.54 bits per heavy atom. The van der Waals surface area contributed by atoms with Gasteiger partial charge in [-0.05, 0) is 79.1 Å². The molecule has 0 spiro atoms. The summed E-state index contributed by atoms with van der Waals surface area (Å²) < 4.78 is 40.7. The van der Waals surface area contributed by atoms with Crippen molar-refractivity contribution in [1.82, 2.24) is 0 Å². The lowest BCUT2D eigenvalue weighted by Gasteiger charge is -2.40. The van der Waals surface area contributed by atoms with E-state index >= 15 is 4.39 Å². The van der Waals surface area contributed by atoms with Crippen LogP contribution in [0.4, 0.5) is 14.5 Å². The van der Waals surface area contributed by atoms with E-state index in [9.17, 15) is 19.4 Å². The molecule has 2 N–H and O–H groups in total. The summed E-state index contributed by atoms with van der Waals surface area (Å²) in [5.41, 5.74) is 0.408. The highest BCUT2D eigenvalue weighted by Crippen LogP contribution is 2.42. The number of hydrogen-bond acceptors (Lipinski definition) is 5. The van der Waals surface area contributed by atoms with E-state index in [1.807, 2.05) is 12.1 Å². The van der Waals surface area contributed by atoms with E-state index < -0.39 is 23.3 Å². The Morgan fingerprint density at radius 2 is 1.85 bits per heavy atom. The molecule has 5 rings (SSSR count). The average Bonchev–Trinajstić information content (AvgIpc) is 2.92. The van der Waals surface area contributed by atoms with Crippen molar-refractivity contribution in [2.75, 3.05) is 18.6 Å². The maximum Gasteiger partial charge on any atom is 0.227 e. The molecule has 1 fully saturated rings. The summed E-state index contributed by atoms with van der Waals surface area (Å²) in [4.78, 5) is 14.2. The van der Waals surface area contributed by atoms with Crippen molar-refractivity contribution >= 4 is 23.2 Å². The molecule has 1 heterocycles. The first-order chi connectivity index (χ1) is 18.7. The summed E-state index contributed by atoms with van der Waals surface area (Å²) in [6, 6.07) is 14.4. The van der Waals surface area contributed by atoms with Crippen LogP contribution in [0.1, 0.15) is 48.3 Å². The van der Waals surface area contributed by atoms with Crippen LogP contribution in [0, 0.1) is 11.6 Å². The zero-order valence-electron chi connectivity index (χ0n) is 21.5. The number of amides is 1. The number of carbonyl (C=O) groups is 1. The summed E-state index contributed by atoms with van der Waals surface area (Å²) in [6.07, 6.45) is 0.108. The number of fused-ring (bicyclic) bond motifs is 1. The molecule has 1 saturated carbocycles. The fourth-order valence-electron chi connectivity index (χ4n) is 5.51. The van der Waals surface area contributed by atoms with E-state index in [1.54, 1.807) is 31.4 Å². The van der Waals surface area contributed by atoms with Gasteiger partial charge < -0.3 is 24.6 Å². The summed E-state index contributed by atoms with van der Waals surface area (Å²) in [6.45, 7) is -0.0457. The Morgan fingerprint density at radius 1 is 1.08 bits per heavy atom. The summed E-state index contributed by atoms with van der Waals surface area (Å²) >= 11 is 5.86. The zero-order valence-corrected chi connectivity index (χ0v) is 22.3. The number of anilines is 1. The minimum Gasteiger partial charge on any atom is -0.497 e. The maximum atomic E-state index is 15.1. The minimum absolute atomic E-state index is 0.157. The molecule has 1 aliphatic heterocycles. The van der Waals surface area contributed by atoms with Gasteiger partial charge in [0.15, 0.2) is 0 Å². The molecule has 3 atom stereocenters. The number of carbonyl (C=O) groups excluding carboxylic acids is 1. The number of nitrogens with zero attached hydrogens (tertiary/aromatic N) is 1. The molecule has 9 heteroatoms. The molecule has 0 saturated heterocycles. The van der Waals surface area contributed by atoms with Crippen molar-refractivity contribution in [3.63, 3.8) is 0 Å². The molecule has 2 aliphatic rings. The third kappa shape index (κ3) is 5.60. The largest absolute Gasteiger partial charge is 0.497 e. The third-order valence-electron chi connectivity index (χ3n) is 7.78. The molecular weight excluding hydrogens is 528 g/mol. The zero-order chi connectivity index (χ0) is 27.7. The number of methoxy groups -OCH3 is 1. The molecule has 3 aromatic rings. The number of benzene rings is 3. The topological polar surface area (TPSA) is 79.2 Å². The first-order valence-electron chi connectivity index (χ1n) is 12.9. The van der Waals surface area contributed by atoms with Gasteiger partial charge >= 0.3 is 0 Å². The van der Waals surface area contributed by atoms with Crippen LogP contribution in [-0.4, -0.2) is 41.5 Å². The van der Waals surface area contributed by atoms with Crippen LogP contribution in [0.3, 0.4) is 0 Å². The highest BCUT2D eigenvalue weighted by atomic mass is 35.5. The lowest BCUT2D eigenvalue weighted by molar-refractivity contribution is -0.125. The van der Waals surface area contributed by atoms with Crippen LogP contribution in [-0.2, 0) is 17.8 Å². The smallest absolute Gasteiger partial charge is 0.227 e. The Labute approximate surface area is 230 Å². The van der Waals surface area contributed by atoms with Crippen molar-refractivity contribution in [1.29, 1.82) is 0 Å². The van der Waals surface area contributed by atoms with E-state index in [4.69, 9.17) is 21.1 Å². The first kappa shape index (κ1) is 27.4. The van der Waals surface area contributed by atoms with E-state index in [0.717, 1.165) is 5.56 Å². The van der Waals surface area contributed by atoms with Crippen LogP contribution in [0.5, 0.6) is 11.5 Å². The van der Waals surface area contributed by atoms with Gasteiger partial charge in [0.25, 0.3) is 0 Å². The van der Waals surface area contributed by atoms with E-state index in [-0.39, 0.29) is 49.9 Å². The second-order valence-corrected chi connectivity index (χ2v) is 10.7. The fraction of sp³-hybridized carbons (Fsp3) is 0.367. The number of rotatable bonds is 7. The molecule has 1 amide bonds. The van der Waals surface area contributed by atoms with Gasteiger partial charge in [0.1, 0.15) is 35.3 Å². The fourth-order valence-corrected chi connectivity index (χ4v) is 5.67. The van der Waals surface area contributed by atoms with Gasteiger partial charge in [0.2, 0.25) is 5.91 Å². The van der Waals surface area contributed by atoms with Gasteiger partial charge in [-0.2, -0.15) is 0 Å². The Kier molecular flexibility index (Phi) is 7.80. The maximum absolute atomic E-state index is 15.1. The molecule has 0 aromatic heterocycles. The minimum atomic E-state index is -1.56. The van der Waals surface area contributed by atoms with Crippen molar-refractivity contribution in [2.24, 2.45) is 0 Å². The number of aliphatic hydroxyl groups excluding tert-OH is 1. The summed E-state index contributed by atoms with van der Waals surface area (Å²) in [7, 11) is 1.57. The second-order valence-electron chi connectivity index (χ2n) is 10.2. The summed E-state index contributed by atoms with van der Waals surface area (Å²) in [5.74, 6) is -0.412. The Balaban J connectivity index is 1.32. The molecule has 206 valence electrons.